The summed E-state index contributed by atoms with van der Waals surface area (Å²) >= 11 is 0. The molecule has 1 amide bonds. The smallest absolute Gasteiger partial charge is 0.255 e. The van der Waals surface area contributed by atoms with Gasteiger partial charge < -0.3 is 14.8 Å². The third-order valence-electron chi connectivity index (χ3n) is 5.69. The van der Waals surface area contributed by atoms with E-state index >= 15 is 0 Å². The van der Waals surface area contributed by atoms with E-state index in [9.17, 15) is 4.79 Å². The molecule has 2 atom stereocenters. The standard InChI is InChI=1S/C21H23N5O.2ClH/c27-21(26-12-17-6-7-18(13-26)24-17)16-10-19-20(22-11-16)25(14-23-19)9-8-15-4-2-1-3-5-15;;/h1-5,10-11,14,17-18,24H,6-9,12-13H2;2*1H/t17-,18+;;. The Labute approximate surface area is 182 Å². The molecule has 2 bridgehead atoms. The van der Waals surface area contributed by atoms with Crippen molar-refractivity contribution in [3.8, 4) is 0 Å². The van der Waals surface area contributed by atoms with Crippen LogP contribution in [0.25, 0.3) is 11.2 Å². The molecule has 1 N–H and O–H groups in total. The highest BCUT2D eigenvalue weighted by Gasteiger charge is 2.34. The van der Waals surface area contributed by atoms with E-state index in [1.165, 1.54) is 5.56 Å². The van der Waals surface area contributed by atoms with Gasteiger partial charge in [0.15, 0.2) is 5.65 Å². The molecule has 5 rings (SSSR count). The van der Waals surface area contributed by atoms with Gasteiger partial charge in [0.05, 0.1) is 11.9 Å². The molecule has 2 fully saturated rings. The first-order valence-electron chi connectivity index (χ1n) is 9.66. The quantitative estimate of drug-likeness (QED) is 0.686. The summed E-state index contributed by atoms with van der Waals surface area (Å²) in [7, 11) is 0. The number of piperazine rings is 1. The Bertz CT molecular complexity index is 966. The molecular weight excluding hydrogens is 409 g/mol. The number of hydrogen-bond donors (Lipinski definition) is 1. The van der Waals surface area contributed by atoms with Crippen molar-refractivity contribution in [2.45, 2.75) is 37.9 Å². The topological polar surface area (TPSA) is 63.1 Å². The van der Waals surface area contributed by atoms with Crippen molar-refractivity contribution in [2.24, 2.45) is 0 Å². The van der Waals surface area contributed by atoms with Crippen molar-refractivity contribution >= 4 is 41.9 Å². The lowest BCUT2D eigenvalue weighted by Crippen LogP contribution is -2.53. The summed E-state index contributed by atoms with van der Waals surface area (Å²) in [6.07, 6.45) is 6.78. The van der Waals surface area contributed by atoms with Crippen LogP contribution in [0.4, 0.5) is 0 Å². The number of halogens is 2. The third kappa shape index (κ3) is 4.39. The molecule has 154 valence electrons. The second-order valence-corrected chi connectivity index (χ2v) is 7.59. The van der Waals surface area contributed by atoms with E-state index in [2.05, 4.69) is 44.1 Å². The number of pyridine rings is 1. The number of rotatable bonds is 4. The number of nitrogens with zero attached hydrogens (tertiary/aromatic N) is 4. The Hall–Kier alpha value is -2.15. The molecule has 2 aliphatic heterocycles. The van der Waals surface area contributed by atoms with Gasteiger partial charge in [0, 0.05) is 37.9 Å². The molecule has 2 aromatic heterocycles. The van der Waals surface area contributed by atoms with Crippen molar-refractivity contribution in [1.29, 1.82) is 0 Å². The van der Waals surface area contributed by atoms with Gasteiger partial charge in [-0.3, -0.25) is 4.79 Å². The molecule has 0 unspecified atom stereocenters. The number of fused-ring (bicyclic) bond motifs is 3. The van der Waals surface area contributed by atoms with Crippen LogP contribution >= 0.6 is 24.8 Å². The maximum atomic E-state index is 12.9. The van der Waals surface area contributed by atoms with Crippen molar-refractivity contribution in [3.05, 3.63) is 60.0 Å². The molecule has 3 aromatic rings. The summed E-state index contributed by atoms with van der Waals surface area (Å²) in [5.41, 5.74) is 3.55. The second kappa shape index (κ2) is 9.11. The van der Waals surface area contributed by atoms with E-state index in [4.69, 9.17) is 0 Å². The average molecular weight is 434 g/mol. The number of aryl methyl sites for hydroxylation is 2. The molecule has 2 aliphatic rings. The van der Waals surface area contributed by atoms with Crippen molar-refractivity contribution < 1.29 is 4.79 Å². The highest BCUT2D eigenvalue weighted by molar-refractivity contribution is 5.96. The molecular formula is C21H25Cl2N5O. The normalized spacial score (nSPS) is 20.2. The van der Waals surface area contributed by atoms with Crippen LogP contribution in [0, 0.1) is 0 Å². The highest BCUT2D eigenvalue weighted by atomic mass is 35.5. The van der Waals surface area contributed by atoms with Crippen LogP contribution in [-0.2, 0) is 13.0 Å². The Morgan fingerprint density at radius 2 is 1.79 bits per heavy atom. The first-order chi connectivity index (χ1) is 13.3. The monoisotopic (exact) mass is 433 g/mol. The van der Waals surface area contributed by atoms with Gasteiger partial charge in [0.2, 0.25) is 0 Å². The number of imidazole rings is 1. The lowest BCUT2D eigenvalue weighted by atomic mass is 10.1. The predicted octanol–water partition coefficient (Wildman–Crippen LogP) is 3.09. The van der Waals surface area contributed by atoms with Crippen LogP contribution in [0.3, 0.4) is 0 Å². The zero-order valence-electron chi connectivity index (χ0n) is 16.0. The van der Waals surface area contributed by atoms with Crippen molar-refractivity contribution in [2.75, 3.05) is 13.1 Å². The van der Waals surface area contributed by atoms with Crippen LogP contribution < -0.4 is 5.32 Å². The summed E-state index contributed by atoms with van der Waals surface area (Å²) in [5.74, 6) is 0.0710. The second-order valence-electron chi connectivity index (χ2n) is 7.59. The number of benzene rings is 1. The molecule has 0 aliphatic carbocycles. The Morgan fingerprint density at radius 3 is 2.52 bits per heavy atom. The summed E-state index contributed by atoms with van der Waals surface area (Å²) in [6, 6.07) is 13.2. The van der Waals surface area contributed by atoms with E-state index in [1.54, 1.807) is 6.20 Å². The van der Waals surface area contributed by atoms with Crippen LogP contribution in [0.15, 0.2) is 48.9 Å². The van der Waals surface area contributed by atoms with Gasteiger partial charge in [-0.15, -0.1) is 24.8 Å². The molecule has 0 spiro atoms. The zero-order valence-corrected chi connectivity index (χ0v) is 17.7. The minimum Gasteiger partial charge on any atom is -0.335 e. The lowest BCUT2D eigenvalue weighted by molar-refractivity contribution is 0.0697. The maximum absolute atomic E-state index is 12.9. The van der Waals surface area contributed by atoms with Gasteiger partial charge in [0.1, 0.15) is 5.52 Å². The molecule has 29 heavy (non-hydrogen) atoms. The largest absolute Gasteiger partial charge is 0.335 e. The summed E-state index contributed by atoms with van der Waals surface area (Å²) in [5, 5.41) is 3.56. The van der Waals surface area contributed by atoms with Gasteiger partial charge in [0.25, 0.3) is 5.91 Å². The van der Waals surface area contributed by atoms with E-state index in [1.807, 2.05) is 23.4 Å². The first kappa shape index (κ1) is 21.6. The van der Waals surface area contributed by atoms with Crippen LogP contribution in [0.5, 0.6) is 0 Å². The number of aromatic nitrogens is 3. The molecule has 0 saturated carbocycles. The Balaban J connectivity index is 0.00000120. The lowest BCUT2D eigenvalue weighted by Gasteiger charge is -2.32. The molecule has 8 heteroatoms. The summed E-state index contributed by atoms with van der Waals surface area (Å²) in [4.78, 5) is 23.9. The van der Waals surface area contributed by atoms with Crippen LogP contribution in [0.1, 0.15) is 28.8 Å². The van der Waals surface area contributed by atoms with E-state index in [0.29, 0.717) is 17.6 Å². The fraction of sp³-hybridized carbons (Fsp3) is 0.381. The Kier molecular flexibility index (Phi) is 6.77. The summed E-state index contributed by atoms with van der Waals surface area (Å²) in [6.45, 7) is 2.40. The van der Waals surface area contributed by atoms with Crippen molar-refractivity contribution in [1.82, 2.24) is 24.8 Å². The number of carbonyl (C=O) groups excluding carboxylic acids is 1. The SMILES string of the molecule is Cl.Cl.O=C(c1cnc2c(c1)ncn2CCc1ccccc1)N1C[C@H]2CC[C@@H](C1)N2. The predicted molar refractivity (Wildman–Crippen MR) is 118 cm³/mol. The number of amides is 1. The van der Waals surface area contributed by atoms with E-state index in [-0.39, 0.29) is 30.7 Å². The van der Waals surface area contributed by atoms with Crippen LogP contribution in [-0.4, -0.2) is 50.5 Å². The average Bonchev–Trinajstić information content (AvgIpc) is 3.28. The number of likely N-dealkylation sites (tertiary alicyclic amines) is 1. The van der Waals surface area contributed by atoms with Crippen LogP contribution in [0.2, 0.25) is 0 Å². The minimum atomic E-state index is 0. The number of carbonyl (C=O) groups is 1. The van der Waals surface area contributed by atoms with Gasteiger partial charge in [-0.05, 0) is 30.9 Å². The zero-order chi connectivity index (χ0) is 18.2. The molecule has 4 heterocycles. The number of nitrogens with one attached hydrogen (secondary N) is 1. The molecule has 2 saturated heterocycles. The van der Waals surface area contributed by atoms with Gasteiger partial charge in [-0.2, -0.15) is 0 Å². The Morgan fingerprint density at radius 1 is 1.07 bits per heavy atom. The van der Waals surface area contributed by atoms with Gasteiger partial charge in [-0.1, -0.05) is 30.3 Å². The van der Waals surface area contributed by atoms with E-state index in [0.717, 1.165) is 50.1 Å². The van der Waals surface area contributed by atoms with Crippen molar-refractivity contribution in [3.63, 3.8) is 0 Å². The minimum absolute atomic E-state index is 0. The fourth-order valence-corrected chi connectivity index (χ4v) is 4.27. The third-order valence-corrected chi connectivity index (χ3v) is 5.69. The molecule has 0 radical (unpaired) electrons. The summed E-state index contributed by atoms with van der Waals surface area (Å²) < 4.78 is 2.06. The van der Waals surface area contributed by atoms with Gasteiger partial charge in [-0.25, -0.2) is 9.97 Å². The molecule has 6 nitrogen and oxygen atoms in total. The maximum Gasteiger partial charge on any atom is 0.255 e. The van der Waals surface area contributed by atoms with E-state index < -0.39 is 0 Å². The molecule has 1 aromatic carbocycles. The highest BCUT2D eigenvalue weighted by Crippen LogP contribution is 2.22. The fourth-order valence-electron chi connectivity index (χ4n) is 4.27. The van der Waals surface area contributed by atoms with Gasteiger partial charge >= 0.3 is 0 Å². The first-order valence-corrected chi connectivity index (χ1v) is 9.66. The number of hydrogen-bond acceptors (Lipinski definition) is 4.